The lowest BCUT2D eigenvalue weighted by atomic mass is 10.2. The van der Waals surface area contributed by atoms with E-state index in [-0.39, 0.29) is 17.9 Å². The summed E-state index contributed by atoms with van der Waals surface area (Å²) in [5.41, 5.74) is 6.11. The van der Waals surface area contributed by atoms with Crippen molar-refractivity contribution in [1.29, 1.82) is 0 Å². The van der Waals surface area contributed by atoms with E-state index in [2.05, 4.69) is 15.9 Å². The van der Waals surface area contributed by atoms with Gasteiger partial charge in [-0.25, -0.2) is 13.6 Å². The van der Waals surface area contributed by atoms with Gasteiger partial charge in [-0.1, -0.05) is 15.9 Å². The number of hydrogen-bond acceptors (Lipinski definition) is 3. The standard InChI is InChI=1S/C14H10BrF2NO2/c15-9-3-8(4-11(17)5-9)7-20-14(19)12-6-10(16)1-2-13(12)18/h1-6H,7,18H2. The molecule has 2 rings (SSSR count). The van der Waals surface area contributed by atoms with E-state index in [9.17, 15) is 13.6 Å². The maximum Gasteiger partial charge on any atom is 0.340 e. The molecule has 20 heavy (non-hydrogen) atoms. The van der Waals surface area contributed by atoms with Crippen molar-refractivity contribution in [3.63, 3.8) is 0 Å². The third-order valence-corrected chi connectivity index (χ3v) is 2.99. The largest absolute Gasteiger partial charge is 0.457 e. The molecule has 0 amide bonds. The van der Waals surface area contributed by atoms with Gasteiger partial charge in [-0.2, -0.15) is 0 Å². The second-order valence-electron chi connectivity index (χ2n) is 4.09. The van der Waals surface area contributed by atoms with Crippen LogP contribution >= 0.6 is 15.9 Å². The Morgan fingerprint density at radius 1 is 1.15 bits per heavy atom. The van der Waals surface area contributed by atoms with Crippen LogP contribution in [0.5, 0.6) is 0 Å². The number of halogens is 3. The highest BCUT2D eigenvalue weighted by atomic mass is 79.9. The molecular weight excluding hydrogens is 332 g/mol. The average Bonchev–Trinajstić information content (AvgIpc) is 2.38. The lowest BCUT2D eigenvalue weighted by Gasteiger charge is -2.07. The van der Waals surface area contributed by atoms with E-state index in [0.29, 0.717) is 10.0 Å². The molecule has 0 radical (unpaired) electrons. The summed E-state index contributed by atoms with van der Waals surface area (Å²) in [4.78, 5) is 11.8. The van der Waals surface area contributed by atoms with Gasteiger partial charge in [-0.3, -0.25) is 0 Å². The Morgan fingerprint density at radius 3 is 2.60 bits per heavy atom. The van der Waals surface area contributed by atoms with Crippen molar-refractivity contribution >= 4 is 27.6 Å². The first-order valence-corrected chi connectivity index (χ1v) is 6.42. The molecule has 0 fully saturated rings. The molecule has 0 heterocycles. The van der Waals surface area contributed by atoms with Crippen LogP contribution in [0.1, 0.15) is 15.9 Å². The second-order valence-corrected chi connectivity index (χ2v) is 5.00. The highest BCUT2D eigenvalue weighted by molar-refractivity contribution is 9.10. The molecule has 104 valence electrons. The number of rotatable bonds is 3. The molecule has 0 aliphatic heterocycles. The first-order chi connectivity index (χ1) is 9.45. The van der Waals surface area contributed by atoms with Crippen LogP contribution in [0.3, 0.4) is 0 Å². The number of ether oxygens (including phenoxy) is 1. The van der Waals surface area contributed by atoms with Crippen molar-refractivity contribution in [2.24, 2.45) is 0 Å². The predicted octanol–water partition coefficient (Wildman–Crippen LogP) is 3.67. The zero-order chi connectivity index (χ0) is 14.7. The van der Waals surface area contributed by atoms with Gasteiger partial charge in [0.2, 0.25) is 0 Å². The summed E-state index contributed by atoms with van der Waals surface area (Å²) >= 11 is 3.14. The van der Waals surface area contributed by atoms with Gasteiger partial charge in [0.15, 0.2) is 0 Å². The van der Waals surface area contributed by atoms with E-state index in [1.807, 2.05) is 0 Å². The Kier molecular flexibility index (Phi) is 4.34. The molecule has 6 heteroatoms. The molecule has 0 aliphatic carbocycles. The number of hydrogen-bond donors (Lipinski definition) is 1. The highest BCUT2D eigenvalue weighted by Gasteiger charge is 2.13. The zero-order valence-electron chi connectivity index (χ0n) is 10.2. The zero-order valence-corrected chi connectivity index (χ0v) is 11.8. The fourth-order valence-electron chi connectivity index (χ4n) is 1.63. The number of carbonyl (C=O) groups excluding carboxylic acids is 1. The van der Waals surface area contributed by atoms with Crippen molar-refractivity contribution < 1.29 is 18.3 Å². The van der Waals surface area contributed by atoms with Crippen LogP contribution in [0.2, 0.25) is 0 Å². The summed E-state index contributed by atoms with van der Waals surface area (Å²) in [6.45, 7) is -0.134. The van der Waals surface area contributed by atoms with E-state index in [0.717, 1.165) is 12.1 Å². The Morgan fingerprint density at radius 2 is 1.90 bits per heavy atom. The first-order valence-electron chi connectivity index (χ1n) is 5.63. The summed E-state index contributed by atoms with van der Waals surface area (Å²) in [5, 5.41) is 0. The van der Waals surface area contributed by atoms with Crippen LogP contribution in [0.25, 0.3) is 0 Å². The number of benzene rings is 2. The van der Waals surface area contributed by atoms with Gasteiger partial charge in [-0.05, 0) is 42.0 Å². The van der Waals surface area contributed by atoms with Crippen molar-refractivity contribution in [3.05, 3.63) is 63.6 Å². The van der Waals surface area contributed by atoms with Crippen LogP contribution in [0, 0.1) is 11.6 Å². The monoisotopic (exact) mass is 341 g/mol. The fourth-order valence-corrected chi connectivity index (χ4v) is 2.14. The number of nitrogen functional groups attached to an aromatic ring is 1. The molecule has 3 nitrogen and oxygen atoms in total. The molecule has 0 aromatic heterocycles. The molecule has 2 N–H and O–H groups in total. The maximum atomic E-state index is 13.2. The van der Waals surface area contributed by atoms with Crippen molar-refractivity contribution in [1.82, 2.24) is 0 Å². The van der Waals surface area contributed by atoms with Crippen LogP contribution < -0.4 is 5.73 Å². The number of esters is 1. The van der Waals surface area contributed by atoms with Crippen molar-refractivity contribution in [3.8, 4) is 0 Å². The van der Waals surface area contributed by atoms with Crippen LogP contribution in [-0.2, 0) is 11.3 Å². The number of nitrogens with two attached hydrogens (primary N) is 1. The van der Waals surface area contributed by atoms with Crippen molar-refractivity contribution in [2.75, 3.05) is 5.73 Å². The molecule has 0 spiro atoms. The van der Waals surface area contributed by atoms with Crippen LogP contribution in [0.4, 0.5) is 14.5 Å². The molecule has 2 aromatic rings. The summed E-state index contributed by atoms with van der Waals surface area (Å²) in [6.07, 6.45) is 0. The molecule has 0 saturated heterocycles. The molecular formula is C14H10BrF2NO2. The SMILES string of the molecule is Nc1ccc(F)cc1C(=O)OCc1cc(F)cc(Br)c1. The second kappa shape index (κ2) is 6.00. The van der Waals surface area contributed by atoms with Gasteiger partial charge in [-0.15, -0.1) is 0 Å². The minimum absolute atomic E-state index is 0.0551. The average molecular weight is 342 g/mol. The third-order valence-electron chi connectivity index (χ3n) is 2.53. The van der Waals surface area contributed by atoms with E-state index in [1.165, 1.54) is 18.2 Å². The Hall–Kier alpha value is -1.95. The molecule has 0 unspecified atom stereocenters. The van der Waals surface area contributed by atoms with Gasteiger partial charge in [0.05, 0.1) is 5.56 Å². The summed E-state index contributed by atoms with van der Waals surface area (Å²) < 4.78 is 31.7. The van der Waals surface area contributed by atoms with Crippen molar-refractivity contribution in [2.45, 2.75) is 6.61 Å². The third kappa shape index (κ3) is 3.54. The minimum atomic E-state index is -0.762. The van der Waals surface area contributed by atoms with Gasteiger partial charge < -0.3 is 10.5 Å². The lowest BCUT2D eigenvalue weighted by Crippen LogP contribution is -2.09. The van der Waals surface area contributed by atoms with E-state index in [1.54, 1.807) is 6.07 Å². The molecule has 0 bridgehead atoms. The smallest absolute Gasteiger partial charge is 0.340 e. The minimum Gasteiger partial charge on any atom is -0.457 e. The number of carbonyl (C=O) groups is 1. The highest BCUT2D eigenvalue weighted by Crippen LogP contribution is 2.18. The first kappa shape index (κ1) is 14.5. The molecule has 0 aliphatic rings. The van der Waals surface area contributed by atoms with E-state index in [4.69, 9.17) is 10.5 Å². The van der Waals surface area contributed by atoms with Gasteiger partial charge in [0, 0.05) is 10.2 Å². The summed E-state index contributed by atoms with van der Waals surface area (Å²) in [5.74, 6) is -1.79. The Labute approximate surface area is 122 Å². The van der Waals surface area contributed by atoms with Crippen LogP contribution in [0.15, 0.2) is 40.9 Å². The molecule has 0 saturated carbocycles. The maximum absolute atomic E-state index is 13.2. The predicted molar refractivity (Wildman–Crippen MR) is 74.0 cm³/mol. The van der Waals surface area contributed by atoms with Gasteiger partial charge in [0.25, 0.3) is 0 Å². The normalized spacial score (nSPS) is 10.3. The van der Waals surface area contributed by atoms with E-state index >= 15 is 0 Å². The summed E-state index contributed by atoms with van der Waals surface area (Å²) in [7, 11) is 0. The Bertz CT molecular complexity index is 641. The number of anilines is 1. The van der Waals surface area contributed by atoms with Gasteiger partial charge in [0.1, 0.15) is 18.2 Å². The molecule has 2 aromatic carbocycles. The van der Waals surface area contributed by atoms with Gasteiger partial charge >= 0.3 is 5.97 Å². The fraction of sp³-hybridized carbons (Fsp3) is 0.0714. The molecule has 0 atom stereocenters. The topological polar surface area (TPSA) is 52.3 Å². The quantitative estimate of drug-likeness (QED) is 0.684. The Balaban J connectivity index is 2.10. The summed E-state index contributed by atoms with van der Waals surface area (Å²) in [6, 6.07) is 7.58. The van der Waals surface area contributed by atoms with Crippen LogP contribution in [-0.4, -0.2) is 5.97 Å². The lowest BCUT2D eigenvalue weighted by molar-refractivity contribution is 0.0473. The van der Waals surface area contributed by atoms with E-state index < -0.39 is 17.6 Å².